The van der Waals surface area contributed by atoms with Gasteiger partial charge in [0.15, 0.2) is 0 Å². The molecule has 0 spiro atoms. The molecule has 2 aromatic carbocycles. The molecular formula is C24H27N3O3S. The fourth-order valence-electron chi connectivity index (χ4n) is 3.61. The smallest absolute Gasteiger partial charge is 0.251 e. The molecule has 1 atom stereocenters. The third kappa shape index (κ3) is 6.37. The maximum atomic E-state index is 12.6. The van der Waals surface area contributed by atoms with Crippen molar-refractivity contribution in [3.63, 3.8) is 0 Å². The van der Waals surface area contributed by atoms with Gasteiger partial charge in [0.25, 0.3) is 5.91 Å². The molecule has 1 unspecified atom stereocenters. The zero-order valence-electron chi connectivity index (χ0n) is 17.6. The number of hydrogen-bond acceptors (Lipinski definition) is 6. The van der Waals surface area contributed by atoms with Gasteiger partial charge < -0.3 is 14.8 Å². The molecule has 1 saturated heterocycles. The number of carbonyl (C=O) groups excluding carboxylic acids is 1. The van der Waals surface area contributed by atoms with Crippen LogP contribution in [0.5, 0.6) is 5.75 Å². The van der Waals surface area contributed by atoms with Crippen molar-refractivity contribution in [2.75, 3.05) is 19.7 Å². The zero-order chi connectivity index (χ0) is 21.5. The number of rotatable bonds is 8. The average Bonchev–Trinajstić information content (AvgIpc) is 3.30. The topological polar surface area (TPSA) is 63.7 Å². The molecule has 0 aliphatic carbocycles. The van der Waals surface area contributed by atoms with E-state index in [9.17, 15) is 4.79 Å². The summed E-state index contributed by atoms with van der Waals surface area (Å²) in [5.74, 6) is 0.536. The van der Waals surface area contributed by atoms with Crippen LogP contribution in [0, 0.1) is 0 Å². The first-order valence-electron chi connectivity index (χ1n) is 10.5. The summed E-state index contributed by atoms with van der Waals surface area (Å²) in [5.41, 5.74) is 5.57. The van der Waals surface area contributed by atoms with Crippen molar-refractivity contribution in [3.8, 4) is 5.75 Å². The number of amides is 1. The van der Waals surface area contributed by atoms with Gasteiger partial charge in [0.05, 0.1) is 23.9 Å². The summed E-state index contributed by atoms with van der Waals surface area (Å²) in [6.07, 6.45) is 0.275. The van der Waals surface area contributed by atoms with Gasteiger partial charge in [-0.1, -0.05) is 30.3 Å². The number of thiazole rings is 1. The largest absolute Gasteiger partial charge is 0.487 e. The predicted octanol–water partition coefficient (Wildman–Crippen LogP) is 3.87. The lowest BCUT2D eigenvalue weighted by Gasteiger charge is -2.31. The number of hydrogen-bond donors (Lipinski definition) is 1. The quantitative estimate of drug-likeness (QED) is 0.580. The van der Waals surface area contributed by atoms with Gasteiger partial charge in [-0.25, -0.2) is 4.98 Å². The summed E-state index contributed by atoms with van der Waals surface area (Å²) in [5, 5.41) is 4.96. The van der Waals surface area contributed by atoms with Crippen LogP contribution >= 0.6 is 11.3 Å². The number of carbonyl (C=O) groups is 1. The van der Waals surface area contributed by atoms with E-state index in [2.05, 4.69) is 34.3 Å². The van der Waals surface area contributed by atoms with Crippen molar-refractivity contribution in [2.45, 2.75) is 32.7 Å². The second-order valence-electron chi connectivity index (χ2n) is 7.72. The first-order chi connectivity index (χ1) is 15.2. The van der Waals surface area contributed by atoms with Gasteiger partial charge in [0.1, 0.15) is 12.4 Å². The minimum Gasteiger partial charge on any atom is -0.487 e. The number of benzene rings is 2. The molecular weight excluding hydrogens is 410 g/mol. The van der Waals surface area contributed by atoms with Crippen LogP contribution in [0.4, 0.5) is 0 Å². The predicted molar refractivity (Wildman–Crippen MR) is 121 cm³/mol. The van der Waals surface area contributed by atoms with Crippen LogP contribution in [0.15, 0.2) is 59.4 Å². The van der Waals surface area contributed by atoms with E-state index in [4.69, 9.17) is 9.47 Å². The van der Waals surface area contributed by atoms with Crippen LogP contribution < -0.4 is 10.1 Å². The molecule has 0 bridgehead atoms. The summed E-state index contributed by atoms with van der Waals surface area (Å²) >= 11 is 1.53. The highest BCUT2D eigenvalue weighted by molar-refractivity contribution is 7.07. The summed E-state index contributed by atoms with van der Waals surface area (Å²) in [6, 6.07) is 15.6. The van der Waals surface area contributed by atoms with Crippen LogP contribution in [0.25, 0.3) is 0 Å². The van der Waals surface area contributed by atoms with Gasteiger partial charge in [-0.15, -0.1) is 11.3 Å². The molecule has 31 heavy (non-hydrogen) atoms. The maximum Gasteiger partial charge on any atom is 0.251 e. The molecule has 162 valence electrons. The number of nitrogens with zero attached hydrogens (tertiary/aromatic N) is 2. The molecule has 1 aromatic heterocycles. The van der Waals surface area contributed by atoms with Crippen LogP contribution in [0.3, 0.4) is 0 Å². The Labute approximate surface area is 186 Å². The van der Waals surface area contributed by atoms with E-state index < -0.39 is 0 Å². The third-order valence-electron chi connectivity index (χ3n) is 5.14. The lowest BCUT2D eigenvalue weighted by molar-refractivity contribution is -0.0212. The summed E-state index contributed by atoms with van der Waals surface area (Å²) in [7, 11) is 0. The Balaban J connectivity index is 1.30. The number of aromatic nitrogens is 1. The lowest BCUT2D eigenvalue weighted by Crippen LogP contribution is -2.40. The highest BCUT2D eigenvalue weighted by atomic mass is 32.1. The van der Waals surface area contributed by atoms with Crippen molar-refractivity contribution in [3.05, 3.63) is 81.8 Å². The van der Waals surface area contributed by atoms with E-state index in [1.165, 1.54) is 16.9 Å². The van der Waals surface area contributed by atoms with E-state index in [1.807, 2.05) is 29.6 Å². The molecule has 0 saturated carbocycles. The SMILES string of the molecule is CC1CN(Cc2cccc(CNC(=O)c3cccc(OCc4cscn4)c3)c2)CCO1. The van der Waals surface area contributed by atoms with Gasteiger partial charge in [-0.05, 0) is 36.2 Å². The second kappa shape index (κ2) is 10.5. The molecule has 0 radical (unpaired) electrons. The molecule has 4 rings (SSSR count). The van der Waals surface area contributed by atoms with Crippen molar-refractivity contribution in [1.29, 1.82) is 0 Å². The van der Waals surface area contributed by atoms with Gasteiger partial charge >= 0.3 is 0 Å². The standard InChI is InChI=1S/C24H27N3O3S/c1-18-13-27(8-9-29-18)14-20-5-2-4-19(10-20)12-25-24(28)21-6-3-7-23(11-21)30-15-22-16-31-17-26-22/h2-7,10-11,16-18H,8-9,12-15H2,1H3,(H,25,28). The Morgan fingerprint density at radius 3 is 2.97 bits per heavy atom. The molecule has 1 N–H and O–H groups in total. The molecule has 3 aromatic rings. The Morgan fingerprint density at radius 1 is 1.26 bits per heavy atom. The van der Waals surface area contributed by atoms with Gasteiger partial charge in [0, 0.05) is 37.1 Å². The molecule has 7 heteroatoms. The molecule has 6 nitrogen and oxygen atoms in total. The molecule has 1 aliphatic rings. The first kappa shape index (κ1) is 21.5. The number of nitrogens with one attached hydrogen (secondary N) is 1. The van der Waals surface area contributed by atoms with Gasteiger partial charge in [0.2, 0.25) is 0 Å². The summed E-state index contributed by atoms with van der Waals surface area (Å²) in [6.45, 7) is 6.56. The van der Waals surface area contributed by atoms with Crippen molar-refractivity contribution < 1.29 is 14.3 Å². The van der Waals surface area contributed by atoms with Crippen LogP contribution in [-0.2, 0) is 24.4 Å². The minimum absolute atomic E-state index is 0.119. The molecule has 1 fully saturated rings. The molecule has 1 aliphatic heterocycles. The van der Waals surface area contributed by atoms with E-state index in [-0.39, 0.29) is 12.0 Å². The van der Waals surface area contributed by atoms with Crippen LogP contribution in [0.1, 0.15) is 34.1 Å². The maximum absolute atomic E-state index is 12.6. The first-order valence-corrected chi connectivity index (χ1v) is 11.4. The second-order valence-corrected chi connectivity index (χ2v) is 8.43. The number of morpholine rings is 1. The highest BCUT2D eigenvalue weighted by Gasteiger charge is 2.16. The fraction of sp³-hybridized carbons (Fsp3) is 0.333. The monoisotopic (exact) mass is 437 g/mol. The molecule has 1 amide bonds. The van der Waals surface area contributed by atoms with Crippen molar-refractivity contribution >= 4 is 17.2 Å². The van der Waals surface area contributed by atoms with Crippen molar-refractivity contribution in [2.24, 2.45) is 0 Å². The van der Waals surface area contributed by atoms with Gasteiger partial charge in [-0.3, -0.25) is 9.69 Å². The average molecular weight is 438 g/mol. The van der Waals surface area contributed by atoms with E-state index in [0.717, 1.165) is 37.5 Å². The normalized spacial score (nSPS) is 16.7. The number of ether oxygens (including phenoxy) is 2. The van der Waals surface area contributed by atoms with E-state index in [0.29, 0.717) is 24.5 Å². The zero-order valence-corrected chi connectivity index (χ0v) is 18.4. The third-order valence-corrected chi connectivity index (χ3v) is 5.78. The van der Waals surface area contributed by atoms with Gasteiger partial charge in [-0.2, -0.15) is 0 Å². The van der Waals surface area contributed by atoms with Crippen LogP contribution in [0.2, 0.25) is 0 Å². The highest BCUT2D eigenvalue weighted by Crippen LogP contribution is 2.16. The summed E-state index contributed by atoms with van der Waals surface area (Å²) < 4.78 is 11.4. The van der Waals surface area contributed by atoms with Crippen molar-refractivity contribution in [1.82, 2.24) is 15.2 Å². The Bertz CT molecular complexity index is 993. The Morgan fingerprint density at radius 2 is 2.13 bits per heavy atom. The lowest BCUT2D eigenvalue weighted by atomic mass is 10.1. The fourth-order valence-corrected chi connectivity index (χ4v) is 4.15. The van der Waals surface area contributed by atoms with E-state index >= 15 is 0 Å². The Hall–Kier alpha value is -2.74. The molecule has 2 heterocycles. The van der Waals surface area contributed by atoms with E-state index in [1.54, 1.807) is 17.6 Å². The Kier molecular flexibility index (Phi) is 7.30. The minimum atomic E-state index is -0.119. The van der Waals surface area contributed by atoms with Crippen LogP contribution in [-0.4, -0.2) is 41.6 Å². The summed E-state index contributed by atoms with van der Waals surface area (Å²) in [4.78, 5) is 19.3.